The van der Waals surface area contributed by atoms with Gasteiger partial charge in [0.1, 0.15) is 5.75 Å². The molecule has 1 aliphatic rings. The van der Waals surface area contributed by atoms with Crippen molar-refractivity contribution < 1.29 is 14.7 Å². The van der Waals surface area contributed by atoms with Gasteiger partial charge in [-0.2, -0.15) is 0 Å². The van der Waals surface area contributed by atoms with Crippen LogP contribution in [0.5, 0.6) is 5.75 Å². The Hall–Kier alpha value is -2.04. The lowest BCUT2D eigenvalue weighted by Crippen LogP contribution is -2.44. The van der Waals surface area contributed by atoms with E-state index in [0.29, 0.717) is 5.69 Å². The number of phenols is 1. The van der Waals surface area contributed by atoms with Gasteiger partial charge >= 0.3 is 11.8 Å². The molecule has 1 aromatic rings. The first-order valence-corrected chi connectivity index (χ1v) is 7.37. The number of anilines is 1. The maximum atomic E-state index is 12.2. The normalized spacial score (nSPS) is 15.5. The van der Waals surface area contributed by atoms with Crippen LogP contribution < -0.4 is 5.32 Å². The summed E-state index contributed by atoms with van der Waals surface area (Å²) in [4.78, 5) is 25.8. The highest BCUT2D eigenvalue weighted by Crippen LogP contribution is 2.23. The van der Waals surface area contributed by atoms with Gasteiger partial charge in [-0.3, -0.25) is 9.59 Å². The van der Waals surface area contributed by atoms with E-state index in [4.69, 9.17) is 0 Å². The standard InChI is InChI=1S/C16H22N2O3/c1-11-10-13(19)8-9-14(11)17-15(20)16(21)18(2)12-6-4-3-5-7-12/h8-10,12,19H,3-7H2,1-2H3,(H,17,20). The number of carbonyl (C=O) groups is 2. The molecule has 2 amide bonds. The van der Waals surface area contributed by atoms with Crippen molar-refractivity contribution in [2.45, 2.75) is 45.1 Å². The molecule has 0 aliphatic heterocycles. The highest BCUT2D eigenvalue weighted by atomic mass is 16.3. The Labute approximate surface area is 125 Å². The lowest BCUT2D eigenvalue weighted by atomic mass is 9.94. The molecule has 1 aromatic carbocycles. The Kier molecular flexibility index (Phi) is 4.83. The number of benzene rings is 1. The van der Waals surface area contributed by atoms with Gasteiger partial charge in [-0.05, 0) is 43.5 Å². The largest absolute Gasteiger partial charge is 0.508 e. The van der Waals surface area contributed by atoms with E-state index in [1.807, 2.05) is 0 Å². The summed E-state index contributed by atoms with van der Waals surface area (Å²) in [5, 5.41) is 12.0. The number of rotatable bonds is 2. The van der Waals surface area contributed by atoms with E-state index in [1.54, 1.807) is 31.0 Å². The number of hydrogen-bond acceptors (Lipinski definition) is 3. The van der Waals surface area contributed by atoms with E-state index < -0.39 is 11.8 Å². The Balaban J connectivity index is 2.00. The van der Waals surface area contributed by atoms with Gasteiger partial charge in [0.2, 0.25) is 0 Å². The number of nitrogens with one attached hydrogen (secondary N) is 1. The highest BCUT2D eigenvalue weighted by Gasteiger charge is 2.26. The van der Waals surface area contributed by atoms with Gasteiger partial charge in [0.25, 0.3) is 0 Å². The minimum atomic E-state index is -0.628. The van der Waals surface area contributed by atoms with E-state index in [9.17, 15) is 14.7 Å². The van der Waals surface area contributed by atoms with Crippen molar-refractivity contribution in [2.24, 2.45) is 0 Å². The molecule has 5 nitrogen and oxygen atoms in total. The van der Waals surface area contributed by atoms with Crippen LogP contribution in [0.2, 0.25) is 0 Å². The number of nitrogens with zero attached hydrogens (tertiary/aromatic N) is 1. The fourth-order valence-electron chi connectivity index (χ4n) is 2.76. The van der Waals surface area contributed by atoms with E-state index in [0.717, 1.165) is 31.2 Å². The van der Waals surface area contributed by atoms with Crippen molar-refractivity contribution in [3.05, 3.63) is 23.8 Å². The number of phenolic OH excluding ortho intramolecular Hbond substituents is 1. The molecule has 0 radical (unpaired) electrons. The molecule has 0 saturated heterocycles. The van der Waals surface area contributed by atoms with Crippen LogP contribution in [0.15, 0.2) is 18.2 Å². The zero-order valence-electron chi connectivity index (χ0n) is 12.6. The number of aryl methyl sites for hydroxylation is 1. The van der Waals surface area contributed by atoms with Crippen molar-refractivity contribution in [2.75, 3.05) is 12.4 Å². The molecule has 21 heavy (non-hydrogen) atoms. The summed E-state index contributed by atoms with van der Waals surface area (Å²) in [6, 6.07) is 4.79. The van der Waals surface area contributed by atoms with Crippen LogP contribution in [-0.2, 0) is 9.59 Å². The van der Waals surface area contributed by atoms with E-state index in [1.165, 1.54) is 12.5 Å². The summed E-state index contributed by atoms with van der Waals surface area (Å²) in [6.45, 7) is 1.77. The molecule has 2 rings (SSSR count). The van der Waals surface area contributed by atoms with Crippen LogP contribution in [0.25, 0.3) is 0 Å². The Morgan fingerprint density at radius 1 is 1.24 bits per heavy atom. The zero-order chi connectivity index (χ0) is 15.4. The lowest BCUT2D eigenvalue weighted by Gasteiger charge is -2.30. The summed E-state index contributed by atoms with van der Waals surface area (Å²) in [7, 11) is 1.70. The van der Waals surface area contributed by atoms with Crippen molar-refractivity contribution in [1.82, 2.24) is 4.90 Å². The topological polar surface area (TPSA) is 69.6 Å². The van der Waals surface area contributed by atoms with Gasteiger partial charge in [-0.25, -0.2) is 0 Å². The molecule has 1 fully saturated rings. The highest BCUT2D eigenvalue weighted by molar-refractivity contribution is 6.39. The quantitative estimate of drug-likeness (QED) is 0.649. The average Bonchev–Trinajstić information content (AvgIpc) is 2.49. The predicted molar refractivity (Wildman–Crippen MR) is 81.1 cm³/mol. The van der Waals surface area contributed by atoms with Crippen molar-refractivity contribution in [3.8, 4) is 5.75 Å². The maximum absolute atomic E-state index is 12.2. The van der Waals surface area contributed by atoms with Crippen molar-refractivity contribution >= 4 is 17.5 Å². The maximum Gasteiger partial charge on any atom is 0.313 e. The predicted octanol–water partition coefficient (Wildman–Crippen LogP) is 2.43. The monoisotopic (exact) mass is 290 g/mol. The van der Waals surface area contributed by atoms with Crippen molar-refractivity contribution in [1.29, 1.82) is 0 Å². The Bertz CT molecular complexity index is 536. The summed E-state index contributed by atoms with van der Waals surface area (Å²) < 4.78 is 0. The molecule has 0 heterocycles. The van der Waals surface area contributed by atoms with Crippen LogP contribution in [0, 0.1) is 6.92 Å². The second kappa shape index (κ2) is 6.61. The molecular weight excluding hydrogens is 268 g/mol. The van der Waals surface area contributed by atoms with Crippen LogP contribution in [0.1, 0.15) is 37.7 Å². The zero-order valence-corrected chi connectivity index (χ0v) is 12.6. The van der Waals surface area contributed by atoms with Crippen LogP contribution in [0.4, 0.5) is 5.69 Å². The Morgan fingerprint density at radius 3 is 2.52 bits per heavy atom. The third-order valence-corrected chi connectivity index (χ3v) is 4.10. The first-order valence-electron chi connectivity index (χ1n) is 7.37. The van der Waals surface area contributed by atoms with Crippen LogP contribution in [-0.4, -0.2) is 34.9 Å². The SMILES string of the molecule is Cc1cc(O)ccc1NC(=O)C(=O)N(C)C1CCCCC1. The third-order valence-electron chi connectivity index (χ3n) is 4.10. The molecular formula is C16H22N2O3. The number of amides is 2. The minimum absolute atomic E-state index is 0.135. The molecule has 0 atom stereocenters. The smallest absolute Gasteiger partial charge is 0.313 e. The molecule has 114 valence electrons. The second-order valence-corrected chi connectivity index (χ2v) is 5.66. The summed E-state index contributed by atoms with van der Waals surface area (Å²) in [6.07, 6.45) is 5.36. The molecule has 0 bridgehead atoms. The first kappa shape index (κ1) is 15.4. The molecule has 1 aliphatic carbocycles. The lowest BCUT2D eigenvalue weighted by molar-refractivity contribution is -0.144. The van der Waals surface area contributed by atoms with Crippen LogP contribution in [0.3, 0.4) is 0 Å². The third kappa shape index (κ3) is 3.74. The molecule has 0 unspecified atom stereocenters. The van der Waals surface area contributed by atoms with Gasteiger partial charge in [-0.15, -0.1) is 0 Å². The van der Waals surface area contributed by atoms with Gasteiger partial charge < -0.3 is 15.3 Å². The van der Waals surface area contributed by atoms with Gasteiger partial charge in [0.05, 0.1) is 0 Å². The molecule has 0 spiro atoms. The van der Waals surface area contributed by atoms with E-state index >= 15 is 0 Å². The van der Waals surface area contributed by atoms with Gasteiger partial charge in [-0.1, -0.05) is 19.3 Å². The van der Waals surface area contributed by atoms with E-state index in [-0.39, 0.29) is 11.8 Å². The summed E-state index contributed by atoms with van der Waals surface area (Å²) in [5.74, 6) is -0.998. The number of aromatic hydroxyl groups is 1. The van der Waals surface area contributed by atoms with E-state index in [2.05, 4.69) is 5.32 Å². The molecule has 0 aromatic heterocycles. The molecule has 5 heteroatoms. The van der Waals surface area contributed by atoms with Crippen LogP contribution >= 0.6 is 0 Å². The summed E-state index contributed by atoms with van der Waals surface area (Å²) in [5.41, 5.74) is 1.26. The summed E-state index contributed by atoms with van der Waals surface area (Å²) >= 11 is 0. The second-order valence-electron chi connectivity index (χ2n) is 5.66. The number of hydrogen-bond donors (Lipinski definition) is 2. The average molecular weight is 290 g/mol. The number of likely N-dealkylation sites (N-methyl/N-ethyl adjacent to an activating group) is 1. The van der Waals surface area contributed by atoms with Crippen molar-refractivity contribution in [3.63, 3.8) is 0 Å². The Morgan fingerprint density at radius 2 is 1.90 bits per heavy atom. The molecule has 1 saturated carbocycles. The fraction of sp³-hybridized carbons (Fsp3) is 0.500. The number of carbonyl (C=O) groups excluding carboxylic acids is 2. The minimum Gasteiger partial charge on any atom is -0.508 e. The van der Waals surface area contributed by atoms with Gasteiger partial charge in [0.15, 0.2) is 0 Å². The molecule has 2 N–H and O–H groups in total. The fourth-order valence-corrected chi connectivity index (χ4v) is 2.76. The van der Waals surface area contributed by atoms with Gasteiger partial charge in [0, 0.05) is 18.8 Å². The first-order chi connectivity index (χ1) is 9.99.